The largest absolute Gasteiger partial charge is 0.300 e. The highest BCUT2D eigenvalue weighted by atomic mass is 15.5. The second-order valence-electron chi connectivity index (χ2n) is 1.55. The van der Waals surface area contributed by atoms with Crippen molar-refractivity contribution in [2.24, 2.45) is 4.99 Å². The van der Waals surface area contributed by atoms with Gasteiger partial charge < -0.3 is 0 Å². The van der Waals surface area contributed by atoms with Gasteiger partial charge in [-0.2, -0.15) is 0 Å². The van der Waals surface area contributed by atoms with Gasteiger partial charge in [0.1, 0.15) is 5.84 Å². The van der Waals surface area contributed by atoms with Gasteiger partial charge in [0.2, 0.25) is 0 Å². The van der Waals surface area contributed by atoms with Crippen LogP contribution in [-0.2, 0) is 0 Å². The van der Waals surface area contributed by atoms with Crippen LogP contribution in [0.1, 0.15) is 6.92 Å². The molecule has 3 heteroatoms. The summed E-state index contributed by atoms with van der Waals surface area (Å²) in [4.78, 5) is 3.94. The number of amidine groups is 1. The Morgan fingerprint density at radius 2 is 2.12 bits per heavy atom. The Morgan fingerprint density at radius 1 is 1.62 bits per heavy atom. The van der Waals surface area contributed by atoms with Crippen molar-refractivity contribution in [1.82, 2.24) is 10.4 Å². The Balaban J connectivity index is 3.63. The molecule has 1 N–H and O–H groups in total. The number of aliphatic imine (C=N–C) groups is 1. The Hall–Kier alpha value is -0.570. The van der Waals surface area contributed by atoms with Gasteiger partial charge in [-0.05, 0) is 6.92 Å². The van der Waals surface area contributed by atoms with Crippen molar-refractivity contribution in [3.05, 3.63) is 0 Å². The van der Waals surface area contributed by atoms with Crippen molar-refractivity contribution >= 4 is 5.84 Å². The van der Waals surface area contributed by atoms with Crippen LogP contribution in [0.5, 0.6) is 0 Å². The molecule has 48 valence electrons. The molecule has 0 fully saturated rings. The lowest BCUT2D eigenvalue weighted by atomic mass is 10.6. The fraction of sp³-hybridized carbons (Fsp3) is 0.800. The highest BCUT2D eigenvalue weighted by Gasteiger charge is 1.90. The number of nitrogens with zero attached hydrogens (tertiary/aromatic N) is 2. The van der Waals surface area contributed by atoms with Crippen molar-refractivity contribution in [3.8, 4) is 0 Å². The fourth-order valence-electron chi connectivity index (χ4n) is 0.312. The third-order valence-corrected chi connectivity index (χ3v) is 1.14. The van der Waals surface area contributed by atoms with Crippen LogP contribution < -0.4 is 5.43 Å². The van der Waals surface area contributed by atoms with Crippen LogP contribution in [0.25, 0.3) is 0 Å². The van der Waals surface area contributed by atoms with Gasteiger partial charge in [0.05, 0.1) is 0 Å². The summed E-state index contributed by atoms with van der Waals surface area (Å²) in [5.41, 5.74) is 2.92. The van der Waals surface area contributed by atoms with E-state index in [2.05, 4.69) is 10.4 Å². The number of hydrazine groups is 1. The highest BCUT2D eigenvalue weighted by Crippen LogP contribution is 1.76. The van der Waals surface area contributed by atoms with Crippen LogP contribution in [0.3, 0.4) is 0 Å². The van der Waals surface area contributed by atoms with E-state index in [0.29, 0.717) is 0 Å². The van der Waals surface area contributed by atoms with Crippen molar-refractivity contribution in [3.63, 3.8) is 0 Å². The first-order valence-corrected chi connectivity index (χ1v) is 2.57. The van der Waals surface area contributed by atoms with Crippen molar-refractivity contribution < 1.29 is 0 Å². The van der Waals surface area contributed by atoms with E-state index in [9.17, 15) is 0 Å². The molecule has 0 aliphatic heterocycles. The molecule has 0 saturated heterocycles. The topological polar surface area (TPSA) is 27.6 Å². The Labute approximate surface area is 50.4 Å². The average Bonchev–Trinajstić information content (AvgIpc) is 1.84. The smallest absolute Gasteiger partial charge is 0.109 e. The van der Waals surface area contributed by atoms with Crippen molar-refractivity contribution in [2.75, 3.05) is 21.1 Å². The molecule has 0 aliphatic rings. The van der Waals surface area contributed by atoms with E-state index in [1.54, 1.807) is 7.05 Å². The third-order valence-electron chi connectivity index (χ3n) is 1.14. The lowest BCUT2D eigenvalue weighted by Crippen LogP contribution is -2.34. The van der Waals surface area contributed by atoms with E-state index >= 15 is 0 Å². The van der Waals surface area contributed by atoms with Gasteiger partial charge >= 0.3 is 0 Å². The van der Waals surface area contributed by atoms with Gasteiger partial charge in [-0.1, -0.05) is 0 Å². The number of hydrogen-bond acceptors (Lipinski definition) is 2. The molecule has 0 saturated carbocycles. The molecule has 0 spiro atoms. The van der Waals surface area contributed by atoms with Gasteiger partial charge in [-0.25, -0.2) is 5.43 Å². The molecule has 0 rings (SSSR count). The first-order chi connectivity index (χ1) is 3.72. The molecular formula is C5H13N3. The molecule has 0 heterocycles. The molecule has 0 aromatic carbocycles. The summed E-state index contributed by atoms with van der Waals surface area (Å²) in [5, 5.41) is 1.85. The van der Waals surface area contributed by atoms with Gasteiger partial charge in [0.25, 0.3) is 0 Å². The van der Waals surface area contributed by atoms with Gasteiger partial charge in [0, 0.05) is 21.1 Å². The van der Waals surface area contributed by atoms with Crippen LogP contribution in [0.2, 0.25) is 0 Å². The van der Waals surface area contributed by atoms with Gasteiger partial charge in [0.15, 0.2) is 0 Å². The molecule has 0 aliphatic carbocycles. The zero-order valence-electron chi connectivity index (χ0n) is 5.89. The summed E-state index contributed by atoms with van der Waals surface area (Å²) in [6, 6.07) is 0. The summed E-state index contributed by atoms with van der Waals surface area (Å²) in [6.45, 7) is 1.94. The quantitative estimate of drug-likeness (QED) is 0.298. The SMILES string of the molecule is C/N=C(\C)N(C)NC. The summed E-state index contributed by atoms with van der Waals surface area (Å²) < 4.78 is 0. The van der Waals surface area contributed by atoms with Crippen LogP contribution in [0.4, 0.5) is 0 Å². The Kier molecular flexibility index (Phi) is 3.19. The first-order valence-electron chi connectivity index (χ1n) is 2.57. The Morgan fingerprint density at radius 3 is 2.25 bits per heavy atom. The fourth-order valence-corrected chi connectivity index (χ4v) is 0.312. The maximum absolute atomic E-state index is 3.94. The second kappa shape index (κ2) is 3.43. The molecule has 0 atom stereocenters. The summed E-state index contributed by atoms with van der Waals surface area (Å²) >= 11 is 0. The predicted molar refractivity (Wildman–Crippen MR) is 35.9 cm³/mol. The van der Waals surface area contributed by atoms with E-state index in [-0.39, 0.29) is 0 Å². The zero-order valence-corrected chi connectivity index (χ0v) is 5.89. The predicted octanol–water partition coefficient (Wildman–Crippen LogP) is 0.101. The summed E-state index contributed by atoms with van der Waals surface area (Å²) in [7, 11) is 5.54. The number of nitrogens with one attached hydrogen (secondary N) is 1. The minimum atomic E-state index is 0.979. The zero-order chi connectivity index (χ0) is 6.57. The molecule has 0 bridgehead atoms. The normalized spacial score (nSPS) is 11.8. The lowest BCUT2D eigenvalue weighted by Gasteiger charge is -2.15. The minimum absolute atomic E-state index is 0.979. The van der Waals surface area contributed by atoms with Gasteiger partial charge in [-0.15, -0.1) is 0 Å². The van der Waals surface area contributed by atoms with Crippen LogP contribution in [-0.4, -0.2) is 32.0 Å². The maximum Gasteiger partial charge on any atom is 0.109 e. The molecular weight excluding hydrogens is 102 g/mol. The van der Waals surface area contributed by atoms with E-state index in [1.807, 2.05) is 26.0 Å². The minimum Gasteiger partial charge on any atom is -0.300 e. The first kappa shape index (κ1) is 7.43. The molecule has 0 aromatic rings. The standard InChI is InChI=1S/C5H13N3/c1-5(6-2)8(4)7-3/h7H,1-4H3/b6-5+. The van der Waals surface area contributed by atoms with E-state index < -0.39 is 0 Å². The van der Waals surface area contributed by atoms with Crippen LogP contribution in [0.15, 0.2) is 4.99 Å². The highest BCUT2D eigenvalue weighted by molar-refractivity contribution is 5.78. The van der Waals surface area contributed by atoms with Crippen molar-refractivity contribution in [2.45, 2.75) is 6.92 Å². The molecule has 0 radical (unpaired) electrons. The Bertz CT molecular complexity index is 87.7. The molecule has 0 aromatic heterocycles. The number of hydrogen-bond donors (Lipinski definition) is 1. The molecule has 0 amide bonds. The molecule has 0 unspecified atom stereocenters. The lowest BCUT2D eigenvalue weighted by molar-refractivity contribution is 0.406. The molecule has 8 heavy (non-hydrogen) atoms. The monoisotopic (exact) mass is 115 g/mol. The summed E-state index contributed by atoms with van der Waals surface area (Å²) in [6.07, 6.45) is 0. The van der Waals surface area contributed by atoms with E-state index in [0.717, 1.165) is 5.84 Å². The third kappa shape index (κ3) is 1.93. The summed E-state index contributed by atoms with van der Waals surface area (Å²) in [5.74, 6) is 0.979. The second-order valence-corrected chi connectivity index (χ2v) is 1.55. The van der Waals surface area contributed by atoms with Crippen molar-refractivity contribution in [1.29, 1.82) is 0 Å². The number of rotatable bonds is 1. The van der Waals surface area contributed by atoms with E-state index in [4.69, 9.17) is 0 Å². The molecule has 3 nitrogen and oxygen atoms in total. The van der Waals surface area contributed by atoms with Gasteiger partial charge in [-0.3, -0.25) is 10.0 Å². The average molecular weight is 115 g/mol. The van der Waals surface area contributed by atoms with E-state index in [1.165, 1.54) is 0 Å². The van der Waals surface area contributed by atoms with Crippen LogP contribution >= 0.6 is 0 Å². The van der Waals surface area contributed by atoms with Crippen LogP contribution in [0, 0.1) is 0 Å². The maximum atomic E-state index is 3.94.